The lowest BCUT2D eigenvalue weighted by atomic mass is 10.1. The number of hydrogen-bond acceptors (Lipinski definition) is 3. The summed E-state index contributed by atoms with van der Waals surface area (Å²) in [4.78, 5) is 6.51. The van der Waals surface area contributed by atoms with E-state index in [1.165, 1.54) is 5.56 Å². The van der Waals surface area contributed by atoms with Crippen LogP contribution in [0.1, 0.15) is 11.3 Å². The van der Waals surface area contributed by atoms with Gasteiger partial charge in [-0.2, -0.15) is 0 Å². The quantitative estimate of drug-likeness (QED) is 0.638. The number of likely N-dealkylation sites (N-methyl/N-ethyl adjacent to an activating group) is 1. The zero-order valence-electron chi connectivity index (χ0n) is 7.55. The van der Waals surface area contributed by atoms with Crippen molar-refractivity contribution in [3.63, 3.8) is 0 Å². The molecule has 0 radical (unpaired) electrons. The number of pyridine rings is 1. The number of halogens is 1. The smallest absolute Gasteiger partial charge is 0.152 e. The van der Waals surface area contributed by atoms with Crippen LogP contribution in [0.3, 0.4) is 0 Å². The van der Waals surface area contributed by atoms with E-state index in [-0.39, 0.29) is 0 Å². The van der Waals surface area contributed by atoms with Crippen LogP contribution < -0.4 is 5.73 Å². The van der Waals surface area contributed by atoms with E-state index in [4.69, 9.17) is 17.3 Å². The van der Waals surface area contributed by atoms with Crippen LogP contribution in [-0.4, -0.2) is 23.5 Å². The van der Waals surface area contributed by atoms with E-state index in [0.717, 1.165) is 25.2 Å². The number of anilines is 1. The fraction of sp³-hybridized carbons (Fsp3) is 0.444. The molecule has 13 heavy (non-hydrogen) atoms. The molecule has 0 unspecified atom stereocenters. The molecule has 0 spiro atoms. The summed E-state index contributed by atoms with van der Waals surface area (Å²) in [7, 11) is 2.09. The van der Waals surface area contributed by atoms with E-state index in [0.29, 0.717) is 10.8 Å². The Labute approximate surface area is 82.5 Å². The molecule has 0 saturated carbocycles. The molecule has 0 atom stereocenters. The Morgan fingerprint density at radius 3 is 3.15 bits per heavy atom. The summed E-state index contributed by atoms with van der Waals surface area (Å²) in [6.45, 7) is 1.96. The number of hydrogen-bond donors (Lipinski definition) is 1. The maximum Gasteiger partial charge on any atom is 0.152 e. The van der Waals surface area contributed by atoms with E-state index in [1.54, 1.807) is 0 Å². The van der Waals surface area contributed by atoms with Crippen LogP contribution in [0.25, 0.3) is 0 Å². The van der Waals surface area contributed by atoms with Crippen molar-refractivity contribution in [2.75, 3.05) is 19.3 Å². The Bertz CT molecular complexity index is 338. The van der Waals surface area contributed by atoms with E-state index < -0.39 is 0 Å². The SMILES string of the molecule is CN1CCc2nc(Cl)c(N)cc2C1. The largest absolute Gasteiger partial charge is 0.396 e. The summed E-state index contributed by atoms with van der Waals surface area (Å²) < 4.78 is 0. The first kappa shape index (κ1) is 8.78. The molecule has 0 amide bonds. The predicted octanol–water partition coefficient (Wildman–Crippen LogP) is 1.31. The summed E-state index contributed by atoms with van der Waals surface area (Å²) in [6.07, 6.45) is 0.964. The van der Waals surface area contributed by atoms with E-state index in [1.807, 2.05) is 6.07 Å². The van der Waals surface area contributed by atoms with Crippen LogP contribution in [0, 0.1) is 0 Å². The minimum atomic E-state index is 0.434. The third-order valence-electron chi connectivity index (χ3n) is 2.34. The highest BCUT2D eigenvalue weighted by molar-refractivity contribution is 6.31. The van der Waals surface area contributed by atoms with Crippen molar-refractivity contribution >= 4 is 17.3 Å². The molecular formula is C9H12ClN3. The van der Waals surface area contributed by atoms with Gasteiger partial charge in [-0.15, -0.1) is 0 Å². The highest BCUT2D eigenvalue weighted by Gasteiger charge is 2.15. The van der Waals surface area contributed by atoms with Gasteiger partial charge in [0.05, 0.1) is 5.69 Å². The molecule has 2 N–H and O–H groups in total. The van der Waals surface area contributed by atoms with Gasteiger partial charge < -0.3 is 10.6 Å². The number of rotatable bonds is 0. The van der Waals surface area contributed by atoms with Crippen LogP contribution in [0.5, 0.6) is 0 Å². The van der Waals surface area contributed by atoms with Gasteiger partial charge in [-0.05, 0) is 18.7 Å². The molecule has 0 fully saturated rings. The summed E-state index contributed by atoms with van der Waals surface area (Å²) in [6, 6.07) is 1.93. The minimum absolute atomic E-state index is 0.434. The molecule has 0 saturated heterocycles. The van der Waals surface area contributed by atoms with Gasteiger partial charge >= 0.3 is 0 Å². The van der Waals surface area contributed by atoms with Crippen molar-refractivity contribution in [3.05, 3.63) is 22.5 Å². The minimum Gasteiger partial charge on any atom is -0.396 e. The summed E-state index contributed by atoms with van der Waals surface area (Å²) >= 11 is 5.83. The Balaban J connectivity index is 2.43. The number of nitrogens with zero attached hydrogens (tertiary/aromatic N) is 2. The van der Waals surface area contributed by atoms with Crippen molar-refractivity contribution in [1.29, 1.82) is 0 Å². The standard InChI is InChI=1S/C9H12ClN3/c1-13-3-2-8-6(5-13)4-7(11)9(10)12-8/h4H,2-3,5,11H2,1H3. The van der Waals surface area contributed by atoms with E-state index in [9.17, 15) is 0 Å². The van der Waals surface area contributed by atoms with Gasteiger partial charge in [0.2, 0.25) is 0 Å². The Morgan fingerprint density at radius 1 is 1.62 bits per heavy atom. The predicted molar refractivity (Wildman–Crippen MR) is 53.7 cm³/mol. The maximum absolute atomic E-state index is 5.83. The molecule has 2 rings (SSSR count). The number of nitrogens with two attached hydrogens (primary N) is 1. The van der Waals surface area contributed by atoms with Crippen LogP contribution in [-0.2, 0) is 13.0 Å². The maximum atomic E-state index is 5.83. The van der Waals surface area contributed by atoms with Crippen LogP contribution >= 0.6 is 11.6 Å². The summed E-state index contributed by atoms with van der Waals surface area (Å²) in [5.41, 5.74) is 8.55. The molecule has 0 bridgehead atoms. The lowest BCUT2D eigenvalue weighted by molar-refractivity contribution is 0.310. The van der Waals surface area contributed by atoms with Gasteiger partial charge in [-0.25, -0.2) is 4.98 Å². The van der Waals surface area contributed by atoms with Gasteiger partial charge in [0.25, 0.3) is 0 Å². The Kier molecular flexibility index (Phi) is 2.14. The van der Waals surface area contributed by atoms with Gasteiger partial charge in [0.1, 0.15) is 0 Å². The molecule has 2 heterocycles. The summed E-state index contributed by atoms with van der Waals surface area (Å²) in [5.74, 6) is 0. The van der Waals surface area contributed by atoms with Gasteiger partial charge in [-0.3, -0.25) is 0 Å². The molecule has 1 aromatic heterocycles. The zero-order valence-corrected chi connectivity index (χ0v) is 8.30. The molecule has 1 aromatic rings. The third-order valence-corrected chi connectivity index (χ3v) is 2.65. The van der Waals surface area contributed by atoms with Crippen molar-refractivity contribution in [2.45, 2.75) is 13.0 Å². The fourth-order valence-electron chi connectivity index (χ4n) is 1.61. The third kappa shape index (κ3) is 1.62. The van der Waals surface area contributed by atoms with Crippen LogP contribution in [0.2, 0.25) is 5.15 Å². The number of aromatic nitrogens is 1. The topological polar surface area (TPSA) is 42.2 Å². The van der Waals surface area contributed by atoms with Crippen LogP contribution in [0.15, 0.2) is 6.07 Å². The first-order valence-electron chi connectivity index (χ1n) is 4.29. The normalized spacial score (nSPS) is 17.1. The molecule has 1 aliphatic rings. The van der Waals surface area contributed by atoms with Crippen molar-refractivity contribution < 1.29 is 0 Å². The van der Waals surface area contributed by atoms with E-state index >= 15 is 0 Å². The highest BCUT2D eigenvalue weighted by atomic mass is 35.5. The second-order valence-electron chi connectivity index (χ2n) is 3.46. The fourth-order valence-corrected chi connectivity index (χ4v) is 1.76. The van der Waals surface area contributed by atoms with Gasteiger partial charge in [0.15, 0.2) is 5.15 Å². The average molecular weight is 198 g/mol. The van der Waals surface area contributed by atoms with E-state index in [2.05, 4.69) is 16.9 Å². The average Bonchev–Trinajstić information content (AvgIpc) is 2.08. The zero-order chi connectivity index (χ0) is 9.42. The Hall–Kier alpha value is -0.800. The second-order valence-corrected chi connectivity index (χ2v) is 3.82. The first-order chi connectivity index (χ1) is 6.16. The first-order valence-corrected chi connectivity index (χ1v) is 4.67. The molecule has 70 valence electrons. The summed E-state index contributed by atoms with van der Waals surface area (Å²) in [5, 5.41) is 0.434. The van der Waals surface area contributed by atoms with Crippen molar-refractivity contribution in [1.82, 2.24) is 9.88 Å². The van der Waals surface area contributed by atoms with Crippen molar-refractivity contribution in [2.24, 2.45) is 0 Å². The van der Waals surface area contributed by atoms with Crippen molar-refractivity contribution in [3.8, 4) is 0 Å². The molecular weight excluding hydrogens is 186 g/mol. The van der Waals surface area contributed by atoms with Crippen LogP contribution in [0.4, 0.5) is 5.69 Å². The molecule has 3 nitrogen and oxygen atoms in total. The number of fused-ring (bicyclic) bond motifs is 1. The number of nitrogen functional groups attached to an aromatic ring is 1. The second kappa shape index (κ2) is 3.16. The van der Waals surface area contributed by atoms with Gasteiger partial charge in [0, 0.05) is 25.2 Å². The molecule has 4 heteroatoms. The highest BCUT2D eigenvalue weighted by Crippen LogP contribution is 2.23. The Morgan fingerprint density at radius 2 is 2.38 bits per heavy atom. The molecule has 1 aliphatic heterocycles. The molecule has 0 aliphatic carbocycles. The molecule has 0 aromatic carbocycles. The van der Waals surface area contributed by atoms with Gasteiger partial charge in [-0.1, -0.05) is 11.6 Å². The lowest BCUT2D eigenvalue weighted by Crippen LogP contribution is -2.27. The lowest BCUT2D eigenvalue weighted by Gasteiger charge is -2.24. The monoisotopic (exact) mass is 197 g/mol.